The lowest BCUT2D eigenvalue weighted by Gasteiger charge is -2.20. The molecule has 1 aliphatic rings. The summed E-state index contributed by atoms with van der Waals surface area (Å²) in [5.41, 5.74) is 0. The topological polar surface area (TPSA) is 27.0 Å². The maximum atomic E-state index is 8.74. The van der Waals surface area contributed by atoms with Crippen LogP contribution in [0.2, 0.25) is 0 Å². The molecule has 0 aromatic heterocycles. The third-order valence-electron chi connectivity index (χ3n) is 2.31. The van der Waals surface area contributed by atoms with Crippen LogP contribution < -0.4 is 0 Å². The molecule has 62 valence electrons. The van der Waals surface area contributed by atoms with Crippen molar-refractivity contribution in [2.24, 2.45) is 5.92 Å². The van der Waals surface area contributed by atoms with Crippen LogP contribution in [0.25, 0.3) is 0 Å². The normalized spacial score (nSPS) is 19.8. The molecular formula is C9H16N2. The molecule has 2 heteroatoms. The Kier molecular flexibility index (Phi) is 2.90. The molecule has 0 amide bonds. The Morgan fingerprint density at radius 2 is 2.27 bits per heavy atom. The molecule has 1 rings (SSSR count). The smallest absolute Gasteiger partial charge is 0.0972 e. The highest BCUT2D eigenvalue weighted by Gasteiger charge is 2.25. The summed E-state index contributed by atoms with van der Waals surface area (Å²) in [5.74, 6) is 0.891. The number of rotatable bonds is 4. The van der Waals surface area contributed by atoms with Gasteiger partial charge in [-0.15, -0.1) is 0 Å². The highest BCUT2D eigenvalue weighted by atomic mass is 15.1. The molecule has 1 aliphatic carbocycles. The van der Waals surface area contributed by atoms with E-state index in [0.717, 1.165) is 18.9 Å². The van der Waals surface area contributed by atoms with Gasteiger partial charge in [-0.2, -0.15) is 5.26 Å². The Hall–Kier alpha value is -0.550. The molecule has 0 aliphatic heterocycles. The first-order valence-electron chi connectivity index (χ1n) is 4.37. The van der Waals surface area contributed by atoms with Crippen LogP contribution in [-0.4, -0.2) is 24.5 Å². The van der Waals surface area contributed by atoms with Gasteiger partial charge in [0.25, 0.3) is 0 Å². The minimum absolute atomic E-state index is 0.135. The third-order valence-corrected chi connectivity index (χ3v) is 2.31. The summed E-state index contributed by atoms with van der Waals surface area (Å²) >= 11 is 0. The fourth-order valence-electron chi connectivity index (χ4n) is 1.34. The fourth-order valence-corrected chi connectivity index (χ4v) is 1.34. The summed E-state index contributed by atoms with van der Waals surface area (Å²) in [6.07, 6.45) is 3.68. The van der Waals surface area contributed by atoms with E-state index in [1.54, 1.807) is 0 Å². The summed E-state index contributed by atoms with van der Waals surface area (Å²) in [6.45, 7) is 3.18. The van der Waals surface area contributed by atoms with Crippen LogP contribution in [0, 0.1) is 17.2 Å². The van der Waals surface area contributed by atoms with Crippen molar-refractivity contribution in [2.45, 2.75) is 32.2 Å². The molecule has 1 unspecified atom stereocenters. The van der Waals surface area contributed by atoms with Crippen molar-refractivity contribution < 1.29 is 0 Å². The maximum absolute atomic E-state index is 8.74. The van der Waals surface area contributed by atoms with Crippen LogP contribution in [0.4, 0.5) is 0 Å². The lowest BCUT2D eigenvalue weighted by atomic mass is 10.2. The van der Waals surface area contributed by atoms with Crippen molar-refractivity contribution in [1.29, 1.82) is 5.26 Å². The first-order chi connectivity index (χ1) is 5.27. The van der Waals surface area contributed by atoms with E-state index >= 15 is 0 Å². The van der Waals surface area contributed by atoms with E-state index in [-0.39, 0.29) is 6.04 Å². The van der Waals surface area contributed by atoms with Crippen molar-refractivity contribution in [3.05, 3.63) is 0 Å². The average molecular weight is 152 g/mol. The van der Waals surface area contributed by atoms with Gasteiger partial charge in [-0.3, -0.25) is 4.90 Å². The molecule has 0 heterocycles. The summed E-state index contributed by atoms with van der Waals surface area (Å²) in [6, 6.07) is 2.45. The summed E-state index contributed by atoms with van der Waals surface area (Å²) < 4.78 is 0. The lowest BCUT2D eigenvalue weighted by Crippen LogP contribution is -2.31. The fraction of sp³-hybridized carbons (Fsp3) is 0.889. The van der Waals surface area contributed by atoms with Gasteiger partial charge in [-0.05, 0) is 32.2 Å². The van der Waals surface area contributed by atoms with Gasteiger partial charge in [0.2, 0.25) is 0 Å². The van der Waals surface area contributed by atoms with E-state index in [2.05, 4.69) is 24.9 Å². The Balaban J connectivity index is 2.25. The monoisotopic (exact) mass is 152 g/mol. The molecule has 0 saturated heterocycles. The van der Waals surface area contributed by atoms with E-state index in [1.807, 2.05) is 0 Å². The van der Waals surface area contributed by atoms with E-state index in [4.69, 9.17) is 5.26 Å². The zero-order valence-corrected chi connectivity index (χ0v) is 7.38. The zero-order valence-electron chi connectivity index (χ0n) is 7.38. The second kappa shape index (κ2) is 3.73. The molecule has 0 aromatic rings. The van der Waals surface area contributed by atoms with Gasteiger partial charge in [0, 0.05) is 6.54 Å². The van der Waals surface area contributed by atoms with Gasteiger partial charge in [0.05, 0.1) is 12.1 Å². The summed E-state index contributed by atoms with van der Waals surface area (Å²) in [5, 5.41) is 8.74. The highest BCUT2D eigenvalue weighted by molar-refractivity contribution is 4.91. The predicted octanol–water partition coefficient (Wildman–Crippen LogP) is 1.63. The molecule has 0 N–H and O–H groups in total. The van der Waals surface area contributed by atoms with Crippen LogP contribution >= 0.6 is 0 Å². The van der Waals surface area contributed by atoms with Crippen LogP contribution in [0.1, 0.15) is 26.2 Å². The third kappa shape index (κ3) is 2.51. The van der Waals surface area contributed by atoms with Crippen LogP contribution in [0.3, 0.4) is 0 Å². The van der Waals surface area contributed by atoms with Gasteiger partial charge in [-0.1, -0.05) is 6.92 Å². The van der Waals surface area contributed by atoms with E-state index in [1.165, 1.54) is 12.8 Å². The van der Waals surface area contributed by atoms with Crippen LogP contribution in [0.5, 0.6) is 0 Å². The number of nitriles is 1. The lowest BCUT2D eigenvalue weighted by molar-refractivity contribution is 0.270. The molecule has 0 spiro atoms. The van der Waals surface area contributed by atoms with Gasteiger partial charge in [0.15, 0.2) is 0 Å². The maximum Gasteiger partial charge on any atom is 0.0972 e. The quantitative estimate of drug-likeness (QED) is 0.612. The largest absolute Gasteiger partial charge is 0.291 e. The summed E-state index contributed by atoms with van der Waals surface area (Å²) in [4.78, 5) is 2.18. The Morgan fingerprint density at radius 3 is 2.64 bits per heavy atom. The molecular weight excluding hydrogens is 136 g/mol. The minimum atomic E-state index is 0.135. The Morgan fingerprint density at radius 1 is 1.64 bits per heavy atom. The first kappa shape index (κ1) is 8.55. The van der Waals surface area contributed by atoms with E-state index < -0.39 is 0 Å². The van der Waals surface area contributed by atoms with Gasteiger partial charge >= 0.3 is 0 Å². The average Bonchev–Trinajstić information content (AvgIpc) is 2.74. The first-order valence-corrected chi connectivity index (χ1v) is 4.37. The number of nitrogens with zero attached hydrogens (tertiary/aromatic N) is 2. The molecule has 2 nitrogen and oxygen atoms in total. The Labute approximate surface area is 68.8 Å². The Bertz CT molecular complexity index is 155. The molecule has 0 radical (unpaired) electrons. The van der Waals surface area contributed by atoms with Crippen LogP contribution in [0.15, 0.2) is 0 Å². The minimum Gasteiger partial charge on any atom is -0.291 e. The summed E-state index contributed by atoms with van der Waals surface area (Å²) in [7, 11) is 2.05. The predicted molar refractivity (Wildman–Crippen MR) is 45.0 cm³/mol. The van der Waals surface area contributed by atoms with E-state index in [0.29, 0.717) is 0 Å². The van der Waals surface area contributed by atoms with E-state index in [9.17, 15) is 0 Å². The SMILES string of the molecule is CCC(C#N)N(C)CC1CC1. The zero-order chi connectivity index (χ0) is 8.27. The second-order valence-corrected chi connectivity index (χ2v) is 3.44. The van der Waals surface area contributed by atoms with Crippen molar-refractivity contribution in [3.8, 4) is 6.07 Å². The standard InChI is InChI=1S/C9H16N2/c1-3-9(6-10)11(2)7-8-4-5-8/h8-9H,3-5,7H2,1-2H3. The van der Waals surface area contributed by atoms with Crippen molar-refractivity contribution in [3.63, 3.8) is 0 Å². The second-order valence-electron chi connectivity index (χ2n) is 3.44. The van der Waals surface area contributed by atoms with Crippen molar-refractivity contribution in [2.75, 3.05) is 13.6 Å². The van der Waals surface area contributed by atoms with Gasteiger partial charge in [-0.25, -0.2) is 0 Å². The number of hydrogen-bond donors (Lipinski definition) is 0. The number of hydrogen-bond acceptors (Lipinski definition) is 2. The van der Waals surface area contributed by atoms with Crippen molar-refractivity contribution in [1.82, 2.24) is 4.90 Å². The molecule has 1 atom stereocenters. The molecule has 0 bridgehead atoms. The van der Waals surface area contributed by atoms with Gasteiger partial charge < -0.3 is 0 Å². The molecule has 1 saturated carbocycles. The molecule has 0 aromatic carbocycles. The van der Waals surface area contributed by atoms with Crippen LogP contribution in [-0.2, 0) is 0 Å². The molecule has 11 heavy (non-hydrogen) atoms. The molecule has 1 fully saturated rings. The van der Waals surface area contributed by atoms with Crippen molar-refractivity contribution >= 4 is 0 Å². The van der Waals surface area contributed by atoms with Gasteiger partial charge in [0.1, 0.15) is 0 Å². The highest BCUT2D eigenvalue weighted by Crippen LogP contribution is 2.29.